The number of carbonyl (C=O) groups excluding carboxylic acids is 2. The molecule has 1 aromatic carbocycles. The minimum absolute atomic E-state index is 0.0715. The van der Waals surface area contributed by atoms with Crippen LogP contribution in [-0.4, -0.2) is 24.2 Å². The molecule has 0 unspecified atom stereocenters. The van der Waals surface area contributed by atoms with Gasteiger partial charge in [-0.15, -0.1) is 0 Å². The van der Waals surface area contributed by atoms with Crippen molar-refractivity contribution in [2.75, 3.05) is 11.4 Å². The van der Waals surface area contributed by atoms with Crippen molar-refractivity contribution < 1.29 is 9.59 Å². The molecule has 1 atom stereocenters. The lowest BCUT2D eigenvalue weighted by atomic mass is 9.55. The van der Waals surface area contributed by atoms with Gasteiger partial charge in [0.05, 0.1) is 0 Å². The van der Waals surface area contributed by atoms with Crippen LogP contribution in [0.1, 0.15) is 51.5 Å². The summed E-state index contributed by atoms with van der Waals surface area (Å²) in [5.74, 6) is 0.371. The van der Waals surface area contributed by atoms with Gasteiger partial charge in [0.1, 0.15) is 17.0 Å². The maximum absolute atomic E-state index is 13.2. The molecular weight excluding hydrogens is 286 g/mol. The van der Waals surface area contributed by atoms with Gasteiger partial charge in [-0.1, -0.05) is 32.0 Å². The van der Waals surface area contributed by atoms with Crippen LogP contribution in [0.2, 0.25) is 0 Å². The highest BCUT2D eigenvalue weighted by Gasteiger charge is 2.59. The third kappa shape index (κ3) is 2.09. The molecule has 0 amide bonds. The van der Waals surface area contributed by atoms with Crippen molar-refractivity contribution in [1.82, 2.24) is 0 Å². The van der Waals surface area contributed by atoms with Gasteiger partial charge in [-0.25, -0.2) is 0 Å². The Labute approximate surface area is 138 Å². The van der Waals surface area contributed by atoms with Crippen LogP contribution in [0.5, 0.6) is 0 Å². The van der Waals surface area contributed by atoms with E-state index in [1.165, 1.54) is 11.3 Å². The molecule has 3 nitrogen and oxygen atoms in total. The van der Waals surface area contributed by atoms with E-state index in [1.807, 2.05) is 19.9 Å². The lowest BCUT2D eigenvalue weighted by Gasteiger charge is -2.54. The fourth-order valence-electron chi connectivity index (χ4n) is 5.06. The maximum atomic E-state index is 13.2. The number of benzene rings is 1. The Balaban J connectivity index is 1.85. The summed E-state index contributed by atoms with van der Waals surface area (Å²) in [4.78, 5) is 28.8. The van der Waals surface area contributed by atoms with Gasteiger partial charge < -0.3 is 4.90 Å². The number of anilines is 1. The summed E-state index contributed by atoms with van der Waals surface area (Å²) < 4.78 is 0. The second kappa shape index (κ2) is 4.93. The van der Waals surface area contributed by atoms with E-state index >= 15 is 0 Å². The average molecular weight is 311 g/mol. The fraction of sp³-hybridized carbons (Fsp3) is 0.600. The van der Waals surface area contributed by atoms with Crippen LogP contribution in [0.3, 0.4) is 0 Å². The first-order chi connectivity index (χ1) is 10.9. The predicted molar refractivity (Wildman–Crippen MR) is 90.6 cm³/mol. The van der Waals surface area contributed by atoms with Crippen LogP contribution in [0, 0.1) is 10.8 Å². The number of fused-ring (bicyclic) bond motifs is 4. The van der Waals surface area contributed by atoms with Crippen LogP contribution in [0.15, 0.2) is 24.3 Å². The largest absolute Gasteiger partial charge is 0.367 e. The van der Waals surface area contributed by atoms with Gasteiger partial charge in [-0.3, -0.25) is 9.59 Å². The fourth-order valence-corrected chi connectivity index (χ4v) is 5.06. The van der Waals surface area contributed by atoms with Crippen molar-refractivity contribution in [3.05, 3.63) is 29.8 Å². The normalized spacial score (nSPS) is 28.4. The second-order valence-corrected chi connectivity index (χ2v) is 8.35. The van der Waals surface area contributed by atoms with Crippen LogP contribution in [0.25, 0.3) is 0 Å². The summed E-state index contributed by atoms with van der Waals surface area (Å²) in [7, 11) is 0. The number of ketones is 2. The standard InChI is InChI=1S/C20H25NO2/c1-19(2)12-17(22)20(18(23)13-19)11-14-7-3-4-8-15(14)21-10-6-5-9-16(20)21/h3-4,7-8,16H,5-6,9-13H2,1-2H3/t16-/m0/s1. The molecule has 0 N–H and O–H groups in total. The maximum Gasteiger partial charge on any atom is 0.149 e. The Bertz CT molecular complexity index is 656. The third-order valence-corrected chi connectivity index (χ3v) is 6.12. The number of piperidine rings is 1. The van der Waals surface area contributed by atoms with Gasteiger partial charge in [-0.05, 0) is 42.7 Å². The van der Waals surface area contributed by atoms with E-state index in [1.54, 1.807) is 0 Å². The Morgan fingerprint density at radius 2 is 1.70 bits per heavy atom. The van der Waals surface area contributed by atoms with E-state index < -0.39 is 5.41 Å². The van der Waals surface area contributed by atoms with Crippen LogP contribution < -0.4 is 4.90 Å². The summed E-state index contributed by atoms with van der Waals surface area (Å²) in [5, 5.41) is 0. The van der Waals surface area contributed by atoms with Gasteiger partial charge in [0.25, 0.3) is 0 Å². The van der Waals surface area contributed by atoms with Crippen molar-refractivity contribution in [2.45, 2.75) is 58.4 Å². The Morgan fingerprint density at radius 1 is 1.00 bits per heavy atom. The van der Waals surface area contributed by atoms with Crippen LogP contribution in [-0.2, 0) is 16.0 Å². The lowest BCUT2D eigenvalue weighted by Crippen LogP contribution is -2.64. The van der Waals surface area contributed by atoms with Crippen molar-refractivity contribution in [3.63, 3.8) is 0 Å². The molecular formula is C20H25NO2. The smallest absolute Gasteiger partial charge is 0.149 e. The zero-order valence-electron chi connectivity index (χ0n) is 14.1. The number of hydrogen-bond acceptors (Lipinski definition) is 3. The summed E-state index contributed by atoms with van der Waals surface area (Å²) in [6.45, 7) is 5.06. The highest BCUT2D eigenvalue weighted by atomic mass is 16.2. The second-order valence-electron chi connectivity index (χ2n) is 8.35. The zero-order chi connectivity index (χ0) is 16.2. The molecule has 1 aromatic rings. The van der Waals surface area contributed by atoms with Gasteiger partial charge in [-0.2, -0.15) is 0 Å². The monoisotopic (exact) mass is 311 g/mol. The first-order valence-electron chi connectivity index (χ1n) is 8.85. The molecule has 1 spiro atoms. The molecule has 0 aromatic heterocycles. The molecule has 1 aliphatic carbocycles. The molecule has 122 valence electrons. The van der Waals surface area contributed by atoms with E-state index in [0.29, 0.717) is 19.3 Å². The third-order valence-electron chi connectivity index (χ3n) is 6.12. The Kier molecular flexibility index (Phi) is 3.20. The van der Waals surface area contributed by atoms with Gasteiger partial charge in [0.2, 0.25) is 0 Å². The number of para-hydroxylation sites is 1. The molecule has 0 bridgehead atoms. The average Bonchev–Trinajstić information content (AvgIpc) is 2.51. The van der Waals surface area contributed by atoms with E-state index in [2.05, 4.69) is 23.1 Å². The molecule has 2 fully saturated rings. The number of Topliss-reactive ketones (excluding diaryl/α,β-unsaturated/α-hetero) is 2. The van der Waals surface area contributed by atoms with Crippen molar-refractivity contribution in [1.29, 1.82) is 0 Å². The minimum atomic E-state index is -0.787. The molecule has 23 heavy (non-hydrogen) atoms. The molecule has 2 heterocycles. The predicted octanol–water partition coefficient (Wildman–Crippen LogP) is 3.55. The van der Waals surface area contributed by atoms with Crippen LogP contribution in [0.4, 0.5) is 5.69 Å². The highest BCUT2D eigenvalue weighted by molar-refractivity contribution is 6.11. The number of carbonyl (C=O) groups is 2. The summed E-state index contributed by atoms with van der Waals surface area (Å²) >= 11 is 0. The number of nitrogens with zero attached hydrogens (tertiary/aromatic N) is 1. The molecule has 2 aliphatic heterocycles. The van der Waals surface area contributed by atoms with E-state index in [0.717, 1.165) is 25.8 Å². The van der Waals surface area contributed by atoms with E-state index in [9.17, 15) is 9.59 Å². The zero-order valence-corrected chi connectivity index (χ0v) is 14.1. The van der Waals surface area contributed by atoms with Gasteiger partial charge in [0, 0.05) is 31.1 Å². The molecule has 4 rings (SSSR count). The van der Waals surface area contributed by atoms with Gasteiger partial charge >= 0.3 is 0 Å². The number of hydrogen-bond donors (Lipinski definition) is 0. The SMILES string of the molecule is CC1(C)CC(=O)C2(Cc3ccccc3N3CCCC[C@H]32)C(=O)C1. The van der Waals surface area contributed by atoms with E-state index in [-0.39, 0.29) is 23.0 Å². The lowest BCUT2D eigenvalue weighted by molar-refractivity contribution is -0.150. The van der Waals surface area contributed by atoms with Gasteiger partial charge in [0.15, 0.2) is 0 Å². The molecule has 3 aliphatic rings. The quantitative estimate of drug-likeness (QED) is 0.688. The molecule has 1 saturated carbocycles. The number of rotatable bonds is 0. The van der Waals surface area contributed by atoms with Crippen LogP contribution >= 0.6 is 0 Å². The first-order valence-corrected chi connectivity index (χ1v) is 8.85. The van der Waals surface area contributed by atoms with Crippen molar-refractivity contribution >= 4 is 17.3 Å². The summed E-state index contributed by atoms with van der Waals surface area (Å²) in [6.07, 6.45) is 4.91. The topological polar surface area (TPSA) is 37.4 Å². The molecule has 3 heteroatoms. The Hall–Kier alpha value is -1.64. The van der Waals surface area contributed by atoms with Crippen molar-refractivity contribution in [2.24, 2.45) is 10.8 Å². The first kappa shape index (κ1) is 14.9. The Morgan fingerprint density at radius 3 is 2.43 bits per heavy atom. The molecule has 0 radical (unpaired) electrons. The molecule has 1 saturated heterocycles. The highest BCUT2D eigenvalue weighted by Crippen LogP contribution is 2.51. The minimum Gasteiger partial charge on any atom is -0.367 e. The summed E-state index contributed by atoms with van der Waals surface area (Å²) in [5.41, 5.74) is 1.44. The van der Waals surface area contributed by atoms with Crippen molar-refractivity contribution in [3.8, 4) is 0 Å². The van der Waals surface area contributed by atoms with E-state index in [4.69, 9.17) is 0 Å². The summed E-state index contributed by atoms with van der Waals surface area (Å²) in [6, 6.07) is 8.42.